The Morgan fingerprint density at radius 3 is 2.94 bits per heavy atom. The van der Waals surface area contributed by atoms with Crippen molar-refractivity contribution >= 4 is 11.6 Å². The number of rotatable bonds is 4. The smallest absolute Gasteiger partial charge is 0.110 e. The van der Waals surface area contributed by atoms with E-state index in [1.54, 1.807) is 6.20 Å². The van der Waals surface area contributed by atoms with Gasteiger partial charge in [0.15, 0.2) is 0 Å². The summed E-state index contributed by atoms with van der Waals surface area (Å²) in [7, 11) is 0. The molecule has 1 fully saturated rings. The first-order valence-electron chi connectivity index (χ1n) is 7.07. The molecule has 18 heavy (non-hydrogen) atoms. The quantitative estimate of drug-likeness (QED) is 0.905. The molecule has 2 unspecified atom stereocenters. The van der Waals surface area contributed by atoms with E-state index in [4.69, 9.17) is 11.6 Å². The molecular weight excluding hydrogens is 248 g/mol. The van der Waals surface area contributed by atoms with Crippen LogP contribution in [0, 0.1) is 5.92 Å². The van der Waals surface area contributed by atoms with Gasteiger partial charge in [-0.15, -0.1) is 0 Å². The van der Waals surface area contributed by atoms with E-state index in [9.17, 15) is 5.11 Å². The van der Waals surface area contributed by atoms with Crippen LogP contribution in [0.1, 0.15) is 58.1 Å². The number of aryl methyl sites for hydroxylation is 1. The van der Waals surface area contributed by atoms with Crippen LogP contribution in [0.3, 0.4) is 0 Å². The molecule has 0 amide bonds. The number of hydrogen-bond donors (Lipinski definition) is 1. The van der Waals surface area contributed by atoms with E-state index in [0.29, 0.717) is 10.9 Å². The van der Waals surface area contributed by atoms with Crippen LogP contribution in [0.15, 0.2) is 6.20 Å². The van der Waals surface area contributed by atoms with Crippen molar-refractivity contribution in [2.45, 2.75) is 64.5 Å². The minimum atomic E-state index is -0.782. The van der Waals surface area contributed by atoms with Crippen molar-refractivity contribution in [2.24, 2.45) is 5.92 Å². The molecule has 4 heteroatoms. The second kappa shape index (κ2) is 5.62. The van der Waals surface area contributed by atoms with E-state index in [1.807, 2.05) is 4.68 Å². The monoisotopic (exact) mass is 270 g/mol. The highest BCUT2D eigenvalue weighted by atomic mass is 35.5. The Hall–Kier alpha value is -0.540. The summed E-state index contributed by atoms with van der Waals surface area (Å²) in [4.78, 5) is 0. The second-order valence-electron chi connectivity index (χ2n) is 5.34. The summed E-state index contributed by atoms with van der Waals surface area (Å²) in [5.74, 6) is 0.302. The van der Waals surface area contributed by atoms with Crippen LogP contribution < -0.4 is 0 Å². The van der Waals surface area contributed by atoms with Crippen LogP contribution in [-0.2, 0) is 12.1 Å². The molecule has 1 aromatic heterocycles. The first-order chi connectivity index (χ1) is 8.63. The number of halogens is 1. The number of aromatic nitrogens is 2. The Bertz CT molecular complexity index is 404. The largest absolute Gasteiger partial charge is 0.383 e. The van der Waals surface area contributed by atoms with Gasteiger partial charge in [0.25, 0.3) is 0 Å². The zero-order valence-electron chi connectivity index (χ0n) is 11.3. The van der Waals surface area contributed by atoms with Crippen molar-refractivity contribution < 1.29 is 5.11 Å². The van der Waals surface area contributed by atoms with Crippen LogP contribution in [0.25, 0.3) is 0 Å². The van der Waals surface area contributed by atoms with Crippen molar-refractivity contribution in [1.29, 1.82) is 0 Å². The van der Waals surface area contributed by atoms with Gasteiger partial charge in [0.1, 0.15) is 5.60 Å². The normalized spacial score (nSPS) is 28.6. The molecule has 2 rings (SSSR count). The maximum absolute atomic E-state index is 11.1. The van der Waals surface area contributed by atoms with Crippen molar-refractivity contribution in [1.82, 2.24) is 9.78 Å². The summed E-state index contributed by atoms with van der Waals surface area (Å²) < 4.78 is 1.90. The van der Waals surface area contributed by atoms with Crippen molar-refractivity contribution in [3.05, 3.63) is 16.9 Å². The fourth-order valence-electron chi connectivity index (χ4n) is 3.26. The lowest BCUT2D eigenvalue weighted by Crippen LogP contribution is -2.40. The molecule has 1 N–H and O–H groups in total. The Kier molecular flexibility index (Phi) is 4.33. The van der Waals surface area contributed by atoms with E-state index >= 15 is 0 Å². The van der Waals surface area contributed by atoms with Gasteiger partial charge < -0.3 is 5.11 Å². The molecule has 2 atom stereocenters. The van der Waals surface area contributed by atoms with Gasteiger partial charge >= 0.3 is 0 Å². The third-order valence-electron chi connectivity index (χ3n) is 4.17. The lowest BCUT2D eigenvalue weighted by Gasteiger charge is -2.40. The van der Waals surface area contributed by atoms with Crippen molar-refractivity contribution in [3.63, 3.8) is 0 Å². The maximum atomic E-state index is 11.1. The van der Waals surface area contributed by atoms with Gasteiger partial charge in [-0.1, -0.05) is 44.7 Å². The van der Waals surface area contributed by atoms with Crippen molar-refractivity contribution in [3.8, 4) is 0 Å². The molecule has 1 aromatic rings. The van der Waals surface area contributed by atoms with Crippen molar-refractivity contribution in [2.75, 3.05) is 0 Å². The molecule has 3 nitrogen and oxygen atoms in total. The van der Waals surface area contributed by atoms with Gasteiger partial charge in [-0.05, 0) is 25.2 Å². The Morgan fingerprint density at radius 1 is 1.50 bits per heavy atom. The van der Waals surface area contributed by atoms with Gasteiger partial charge in [0.2, 0.25) is 0 Å². The Labute approximate surface area is 114 Å². The number of aliphatic hydroxyl groups is 1. The topological polar surface area (TPSA) is 38.0 Å². The van der Waals surface area contributed by atoms with Crippen LogP contribution in [0.2, 0.25) is 5.02 Å². The van der Waals surface area contributed by atoms with E-state index in [-0.39, 0.29) is 0 Å². The number of hydrogen-bond acceptors (Lipinski definition) is 2. The summed E-state index contributed by atoms with van der Waals surface area (Å²) in [6.07, 6.45) is 7.83. The highest BCUT2D eigenvalue weighted by molar-refractivity contribution is 6.31. The molecule has 1 aliphatic rings. The predicted octanol–water partition coefficient (Wildman–Crippen LogP) is 3.73. The lowest BCUT2D eigenvalue weighted by molar-refractivity contribution is -0.0625. The fraction of sp³-hybridized carbons (Fsp3) is 0.786. The second-order valence-corrected chi connectivity index (χ2v) is 5.75. The maximum Gasteiger partial charge on any atom is 0.110 e. The third-order valence-corrected chi connectivity index (χ3v) is 4.45. The van der Waals surface area contributed by atoms with E-state index in [2.05, 4.69) is 18.9 Å². The summed E-state index contributed by atoms with van der Waals surface area (Å²) >= 11 is 6.28. The summed E-state index contributed by atoms with van der Waals surface area (Å²) in [6, 6.07) is 0. The minimum Gasteiger partial charge on any atom is -0.383 e. The zero-order valence-corrected chi connectivity index (χ0v) is 12.1. The molecule has 0 aliphatic heterocycles. The molecule has 102 valence electrons. The molecule has 0 saturated heterocycles. The minimum absolute atomic E-state index is 0.302. The molecule has 0 radical (unpaired) electrons. The summed E-state index contributed by atoms with van der Waals surface area (Å²) in [6.45, 7) is 5.08. The van der Waals surface area contributed by atoms with Crippen LogP contribution in [0.5, 0.6) is 0 Å². The highest BCUT2D eigenvalue weighted by Crippen LogP contribution is 2.45. The van der Waals surface area contributed by atoms with Gasteiger partial charge in [-0.2, -0.15) is 5.10 Å². The fourth-order valence-corrected chi connectivity index (χ4v) is 3.56. The summed E-state index contributed by atoms with van der Waals surface area (Å²) in [5.41, 5.74) is 0.0630. The molecule has 1 heterocycles. The zero-order chi connectivity index (χ0) is 13.2. The molecular formula is C14H23ClN2O. The molecule has 0 bridgehead atoms. The lowest BCUT2D eigenvalue weighted by atomic mass is 9.72. The van der Waals surface area contributed by atoms with Gasteiger partial charge in [0, 0.05) is 6.54 Å². The summed E-state index contributed by atoms with van der Waals surface area (Å²) in [5, 5.41) is 16.1. The number of nitrogens with zero attached hydrogens (tertiary/aromatic N) is 2. The average Bonchev–Trinajstić information content (AvgIpc) is 2.72. The van der Waals surface area contributed by atoms with E-state index < -0.39 is 5.60 Å². The molecule has 1 aliphatic carbocycles. The molecule has 1 saturated carbocycles. The van der Waals surface area contributed by atoms with Crippen LogP contribution in [0.4, 0.5) is 0 Å². The third kappa shape index (κ3) is 2.30. The van der Waals surface area contributed by atoms with Gasteiger partial charge in [-0.3, -0.25) is 4.68 Å². The SMILES string of the molecule is CCCn1ncc(Cl)c1C1(O)CCCCC1CC. The van der Waals surface area contributed by atoms with Crippen LogP contribution >= 0.6 is 11.6 Å². The van der Waals surface area contributed by atoms with Gasteiger partial charge in [-0.25, -0.2) is 0 Å². The standard InChI is InChI=1S/C14H23ClN2O/c1-3-9-17-13(12(15)10-16-17)14(18)8-6-5-7-11(14)4-2/h10-11,18H,3-9H2,1-2H3. The van der Waals surface area contributed by atoms with E-state index in [0.717, 1.165) is 44.3 Å². The molecule has 0 aromatic carbocycles. The van der Waals surface area contributed by atoms with Gasteiger partial charge in [0.05, 0.1) is 16.9 Å². The van der Waals surface area contributed by atoms with Crippen LogP contribution in [-0.4, -0.2) is 14.9 Å². The predicted molar refractivity (Wildman–Crippen MR) is 73.7 cm³/mol. The Balaban J connectivity index is 2.40. The average molecular weight is 271 g/mol. The first kappa shape index (κ1) is 13.9. The highest BCUT2D eigenvalue weighted by Gasteiger charge is 2.43. The first-order valence-corrected chi connectivity index (χ1v) is 7.45. The van der Waals surface area contributed by atoms with E-state index in [1.165, 1.54) is 6.42 Å². The Morgan fingerprint density at radius 2 is 2.28 bits per heavy atom. The molecule has 0 spiro atoms.